The average Bonchev–Trinajstić information content (AvgIpc) is 2.72. The van der Waals surface area contributed by atoms with Crippen LogP contribution in [0.15, 0.2) is 42.5 Å². The quantitative estimate of drug-likeness (QED) is 0.687. The number of carbonyl (C=O) groups is 1. The molecule has 0 unspecified atom stereocenters. The minimum Gasteiger partial charge on any atom is -0.497 e. The van der Waals surface area contributed by atoms with Crippen LogP contribution in [-0.4, -0.2) is 32.8 Å². The number of aryl methyl sites for hydroxylation is 2. The van der Waals surface area contributed by atoms with Crippen molar-refractivity contribution in [3.8, 4) is 17.2 Å². The Morgan fingerprint density at radius 2 is 2.04 bits per heavy atom. The molecule has 1 N–H and O–H groups in total. The molecule has 5 heteroatoms. The third kappa shape index (κ3) is 5.64. The van der Waals surface area contributed by atoms with Crippen molar-refractivity contribution in [1.82, 2.24) is 5.32 Å². The fourth-order valence-electron chi connectivity index (χ4n) is 3.16. The van der Waals surface area contributed by atoms with Crippen LogP contribution in [0.3, 0.4) is 0 Å². The van der Waals surface area contributed by atoms with Gasteiger partial charge in [0.15, 0.2) is 11.5 Å². The molecule has 0 atom stereocenters. The van der Waals surface area contributed by atoms with Crippen molar-refractivity contribution < 1.29 is 19.0 Å². The molecule has 27 heavy (non-hydrogen) atoms. The third-order valence-electron chi connectivity index (χ3n) is 4.61. The highest BCUT2D eigenvalue weighted by molar-refractivity contribution is 5.75. The summed E-state index contributed by atoms with van der Waals surface area (Å²) in [6, 6.07) is 13.9. The number of amides is 1. The molecule has 0 saturated heterocycles. The van der Waals surface area contributed by atoms with Crippen molar-refractivity contribution in [3.63, 3.8) is 0 Å². The van der Waals surface area contributed by atoms with Crippen LogP contribution < -0.4 is 19.5 Å². The summed E-state index contributed by atoms with van der Waals surface area (Å²) in [5.41, 5.74) is 2.40. The van der Waals surface area contributed by atoms with Gasteiger partial charge in [-0.05, 0) is 55.0 Å². The Morgan fingerprint density at radius 3 is 2.85 bits per heavy atom. The Morgan fingerprint density at radius 1 is 1.19 bits per heavy atom. The van der Waals surface area contributed by atoms with Gasteiger partial charge >= 0.3 is 0 Å². The van der Waals surface area contributed by atoms with Gasteiger partial charge in [0.2, 0.25) is 5.91 Å². The van der Waals surface area contributed by atoms with Gasteiger partial charge in [0.1, 0.15) is 12.4 Å². The first-order valence-corrected chi connectivity index (χ1v) is 9.53. The van der Waals surface area contributed by atoms with Crippen molar-refractivity contribution in [1.29, 1.82) is 0 Å². The number of nitrogens with one attached hydrogen (secondary N) is 1. The van der Waals surface area contributed by atoms with Crippen LogP contribution in [-0.2, 0) is 17.6 Å². The van der Waals surface area contributed by atoms with E-state index in [2.05, 4.69) is 11.4 Å². The molecule has 0 fully saturated rings. The number of fused-ring (bicyclic) bond motifs is 1. The summed E-state index contributed by atoms with van der Waals surface area (Å²) in [4.78, 5) is 12.0. The van der Waals surface area contributed by atoms with Crippen LogP contribution in [0.5, 0.6) is 17.2 Å². The van der Waals surface area contributed by atoms with Crippen LogP contribution in [0.2, 0.25) is 0 Å². The van der Waals surface area contributed by atoms with Crippen molar-refractivity contribution >= 4 is 5.91 Å². The lowest BCUT2D eigenvalue weighted by molar-refractivity contribution is -0.121. The predicted octanol–water partition coefficient (Wildman–Crippen LogP) is 3.54. The fraction of sp³-hybridized carbons (Fsp3) is 0.409. The van der Waals surface area contributed by atoms with Crippen molar-refractivity contribution in [3.05, 3.63) is 53.6 Å². The molecular formula is C22H27NO4. The van der Waals surface area contributed by atoms with Gasteiger partial charge in [-0.1, -0.05) is 24.3 Å². The summed E-state index contributed by atoms with van der Waals surface area (Å²) in [7, 11) is 1.66. The molecule has 1 amide bonds. The molecule has 0 saturated carbocycles. The van der Waals surface area contributed by atoms with Gasteiger partial charge < -0.3 is 19.5 Å². The van der Waals surface area contributed by atoms with E-state index in [0.29, 0.717) is 19.6 Å². The van der Waals surface area contributed by atoms with Crippen LogP contribution in [0, 0.1) is 0 Å². The first kappa shape index (κ1) is 19.1. The standard InChI is InChI=1S/C22H27NO4/c1-25-19-12-10-17(11-13-19)5-2-9-21(24)23-14-16-26-20-8-3-6-18-7-4-15-27-22(18)20/h3,6,8,10-13H,2,4-5,7,9,14-16H2,1H3,(H,23,24). The second-order valence-corrected chi connectivity index (χ2v) is 6.60. The summed E-state index contributed by atoms with van der Waals surface area (Å²) < 4.78 is 16.7. The molecule has 5 nitrogen and oxygen atoms in total. The minimum absolute atomic E-state index is 0.0541. The van der Waals surface area contributed by atoms with Gasteiger partial charge in [0.05, 0.1) is 20.3 Å². The smallest absolute Gasteiger partial charge is 0.220 e. The summed E-state index contributed by atoms with van der Waals surface area (Å²) in [6.45, 7) is 1.66. The molecule has 1 heterocycles. The van der Waals surface area contributed by atoms with E-state index in [9.17, 15) is 4.79 Å². The van der Waals surface area contributed by atoms with Crippen LogP contribution >= 0.6 is 0 Å². The molecule has 3 rings (SSSR count). The topological polar surface area (TPSA) is 56.8 Å². The highest BCUT2D eigenvalue weighted by atomic mass is 16.5. The molecule has 0 radical (unpaired) electrons. The first-order valence-electron chi connectivity index (χ1n) is 9.53. The van der Waals surface area contributed by atoms with Crippen molar-refractivity contribution in [2.75, 3.05) is 26.9 Å². The molecule has 2 aromatic rings. The fourth-order valence-corrected chi connectivity index (χ4v) is 3.16. The molecule has 0 bridgehead atoms. The van der Waals surface area contributed by atoms with E-state index in [1.54, 1.807) is 7.11 Å². The largest absolute Gasteiger partial charge is 0.497 e. The SMILES string of the molecule is COc1ccc(CCCC(=O)NCCOc2cccc3c2OCCC3)cc1. The van der Waals surface area contributed by atoms with E-state index >= 15 is 0 Å². The van der Waals surface area contributed by atoms with Crippen molar-refractivity contribution in [2.24, 2.45) is 0 Å². The maximum atomic E-state index is 12.0. The van der Waals surface area contributed by atoms with E-state index in [-0.39, 0.29) is 5.91 Å². The Bertz CT molecular complexity index is 742. The number of para-hydroxylation sites is 1. The van der Waals surface area contributed by atoms with E-state index in [1.807, 2.05) is 36.4 Å². The molecule has 0 aliphatic carbocycles. The number of hydrogen-bond acceptors (Lipinski definition) is 4. The summed E-state index contributed by atoms with van der Waals surface area (Å²) in [5, 5.41) is 2.91. The number of methoxy groups -OCH3 is 1. The number of carbonyl (C=O) groups excluding carboxylic acids is 1. The maximum absolute atomic E-state index is 12.0. The molecule has 0 spiro atoms. The van der Waals surface area contributed by atoms with Crippen LogP contribution in [0.1, 0.15) is 30.4 Å². The Labute approximate surface area is 160 Å². The van der Waals surface area contributed by atoms with E-state index in [1.165, 1.54) is 11.1 Å². The normalized spacial score (nSPS) is 12.6. The molecule has 144 valence electrons. The van der Waals surface area contributed by atoms with Gasteiger partial charge in [0.25, 0.3) is 0 Å². The second-order valence-electron chi connectivity index (χ2n) is 6.60. The lowest BCUT2D eigenvalue weighted by Gasteiger charge is -2.20. The lowest BCUT2D eigenvalue weighted by atomic mass is 10.1. The number of ether oxygens (including phenoxy) is 3. The van der Waals surface area contributed by atoms with Gasteiger partial charge in [0, 0.05) is 6.42 Å². The van der Waals surface area contributed by atoms with Gasteiger partial charge in [-0.15, -0.1) is 0 Å². The molecule has 1 aliphatic rings. The Kier molecular flexibility index (Phi) is 6.97. The second kappa shape index (κ2) is 9.86. The number of rotatable bonds is 9. The number of benzene rings is 2. The van der Waals surface area contributed by atoms with Crippen LogP contribution in [0.4, 0.5) is 0 Å². The van der Waals surface area contributed by atoms with Gasteiger partial charge in [-0.2, -0.15) is 0 Å². The highest BCUT2D eigenvalue weighted by Gasteiger charge is 2.15. The van der Waals surface area contributed by atoms with Gasteiger partial charge in [-0.3, -0.25) is 4.79 Å². The lowest BCUT2D eigenvalue weighted by Crippen LogP contribution is -2.28. The average molecular weight is 369 g/mol. The third-order valence-corrected chi connectivity index (χ3v) is 4.61. The zero-order chi connectivity index (χ0) is 18.9. The predicted molar refractivity (Wildman–Crippen MR) is 105 cm³/mol. The van der Waals surface area contributed by atoms with Crippen molar-refractivity contribution in [2.45, 2.75) is 32.1 Å². The summed E-state index contributed by atoms with van der Waals surface area (Å²) >= 11 is 0. The molecule has 1 aliphatic heterocycles. The summed E-state index contributed by atoms with van der Waals surface area (Å²) in [5.74, 6) is 2.52. The highest BCUT2D eigenvalue weighted by Crippen LogP contribution is 2.34. The Hall–Kier alpha value is -2.69. The van der Waals surface area contributed by atoms with E-state index in [4.69, 9.17) is 14.2 Å². The zero-order valence-electron chi connectivity index (χ0n) is 15.8. The molecular weight excluding hydrogens is 342 g/mol. The molecule has 2 aromatic carbocycles. The zero-order valence-corrected chi connectivity index (χ0v) is 15.8. The van der Waals surface area contributed by atoms with E-state index in [0.717, 1.165) is 49.5 Å². The van der Waals surface area contributed by atoms with Crippen LogP contribution in [0.25, 0.3) is 0 Å². The van der Waals surface area contributed by atoms with Gasteiger partial charge in [-0.25, -0.2) is 0 Å². The minimum atomic E-state index is 0.0541. The van der Waals surface area contributed by atoms with E-state index < -0.39 is 0 Å². The number of hydrogen-bond donors (Lipinski definition) is 1. The monoisotopic (exact) mass is 369 g/mol. The maximum Gasteiger partial charge on any atom is 0.220 e. The first-order chi connectivity index (χ1) is 13.3. The summed E-state index contributed by atoms with van der Waals surface area (Å²) in [6.07, 6.45) is 4.27. The Balaban J connectivity index is 1.33. The molecule has 0 aromatic heterocycles.